The van der Waals surface area contributed by atoms with Gasteiger partial charge in [0.2, 0.25) is 0 Å². The first-order valence-electron chi connectivity index (χ1n) is 6.03. The van der Waals surface area contributed by atoms with Crippen LogP contribution in [0.15, 0.2) is 18.2 Å². The lowest BCUT2D eigenvalue weighted by atomic mass is 10.1. The smallest absolute Gasteiger partial charge is 0.0544 e. The zero-order valence-electron chi connectivity index (χ0n) is 10.1. The molecular formula is C13H20N2S. The molecule has 0 aromatic carbocycles. The number of aromatic nitrogens is 1. The summed E-state index contributed by atoms with van der Waals surface area (Å²) in [4.78, 5) is 4.51. The zero-order chi connectivity index (χ0) is 11.4. The maximum absolute atomic E-state index is 4.51. The Bertz CT molecular complexity index is 340. The average Bonchev–Trinajstić information content (AvgIpc) is 2.28. The largest absolute Gasteiger partial charge is 0.307 e. The molecule has 88 valence electrons. The van der Waals surface area contributed by atoms with Crippen LogP contribution in [0.3, 0.4) is 0 Å². The summed E-state index contributed by atoms with van der Waals surface area (Å²) in [7, 11) is 0. The lowest BCUT2D eigenvalue weighted by Gasteiger charge is -2.29. The lowest BCUT2D eigenvalue weighted by Crippen LogP contribution is -2.38. The highest BCUT2D eigenvalue weighted by atomic mass is 32.2. The summed E-state index contributed by atoms with van der Waals surface area (Å²) >= 11 is 2.08. The molecule has 0 radical (unpaired) electrons. The monoisotopic (exact) mass is 236 g/mol. The minimum Gasteiger partial charge on any atom is -0.307 e. The van der Waals surface area contributed by atoms with Gasteiger partial charge < -0.3 is 5.32 Å². The van der Waals surface area contributed by atoms with E-state index in [-0.39, 0.29) is 0 Å². The van der Waals surface area contributed by atoms with E-state index < -0.39 is 0 Å². The van der Waals surface area contributed by atoms with Crippen LogP contribution in [0.4, 0.5) is 0 Å². The summed E-state index contributed by atoms with van der Waals surface area (Å²) in [6, 6.07) is 6.88. The number of hydrogen-bond donors (Lipinski definition) is 1. The van der Waals surface area contributed by atoms with Gasteiger partial charge in [0, 0.05) is 23.5 Å². The van der Waals surface area contributed by atoms with Crippen LogP contribution in [-0.2, 0) is 6.54 Å². The highest BCUT2D eigenvalue weighted by Gasteiger charge is 2.20. The van der Waals surface area contributed by atoms with Crippen molar-refractivity contribution in [3.8, 4) is 0 Å². The minimum absolute atomic E-state index is 0.654. The number of nitrogens with zero attached hydrogens (tertiary/aromatic N) is 1. The molecule has 3 heteroatoms. The normalized spacial score (nSPS) is 25.6. The molecule has 1 aliphatic rings. The molecule has 0 spiro atoms. The second-order valence-corrected chi connectivity index (χ2v) is 5.96. The Morgan fingerprint density at radius 1 is 1.50 bits per heavy atom. The maximum Gasteiger partial charge on any atom is 0.0544 e. The summed E-state index contributed by atoms with van der Waals surface area (Å²) in [6.07, 6.45) is 2.65. The molecule has 0 bridgehead atoms. The fourth-order valence-corrected chi connectivity index (χ4v) is 3.29. The van der Waals surface area contributed by atoms with Crippen molar-refractivity contribution in [2.24, 2.45) is 0 Å². The molecule has 2 heterocycles. The van der Waals surface area contributed by atoms with Gasteiger partial charge in [0.1, 0.15) is 0 Å². The van der Waals surface area contributed by atoms with Gasteiger partial charge in [-0.3, -0.25) is 4.98 Å². The fraction of sp³-hybridized carbons (Fsp3) is 0.615. The third-order valence-corrected chi connectivity index (χ3v) is 4.48. The Labute approximate surface area is 102 Å². The number of pyridine rings is 1. The van der Waals surface area contributed by atoms with E-state index in [2.05, 4.69) is 41.1 Å². The van der Waals surface area contributed by atoms with E-state index in [1.54, 1.807) is 0 Å². The van der Waals surface area contributed by atoms with Gasteiger partial charge >= 0.3 is 0 Å². The van der Waals surface area contributed by atoms with Gasteiger partial charge in [0.05, 0.1) is 5.69 Å². The highest BCUT2D eigenvalue weighted by Crippen LogP contribution is 2.25. The van der Waals surface area contributed by atoms with Gasteiger partial charge in [-0.05, 0) is 37.7 Å². The van der Waals surface area contributed by atoms with Crippen LogP contribution in [0.1, 0.15) is 31.2 Å². The molecular weight excluding hydrogens is 216 g/mol. The number of thioether (sulfide) groups is 1. The molecule has 2 rings (SSSR count). The Morgan fingerprint density at radius 2 is 2.38 bits per heavy atom. The lowest BCUT2D eigenvalue weighted by molar-refractivity contribution is 0.459. The maximum atomic E-state index is 4.51. The van der Waals surface area contributed by atoms with E-state index in [9.17, 15) is 0 Å². The van der Waals surface area contributed by atoms with E-state index >= 15 is 0 Å². The van der Waals surface area contributed by atoms with E-state index in [1.165, 1.54) is 18.6 Å². The second-order valence-electron chi connectivity index (χ2n) is 4.48. The predicted octanol–water partition coefficient (Wildman–Crippen LogP) is 2.76. The standard InChI is InChI=1S/C13H20N2S/c1-10-5-3-6-12(15-10)9-14-13-7-4-8-16-11(13)2/h3,5-6,11,13-14H,4,7-9H2,1-2H3. The summed E-state index contributed by atoms with van der Waals surface area (Å²) in [5, 5.41) is 4.37. The van der Waals surface area contributed by atoms with Gasteiger partial charge in [-0.15, -0.1) is 0 Å². The molecule has 1 N–H and O–H groups in total. The van der Waals surface area contributed by atoms with Gasteiger partial charge in [0.15, 0.2) is 0 Å². The third-order valence-electron chi connectivity index (χ3n) is 3.10. The molecule has 16 heavy (non-hydrogen) atoms. The van der Waals surface area contributed by atoms with Crippen LogP contribution in [0.25, 0.3) is 0 Å². The van der Waals surface area contributed by atoms with Gasteiger partial charge in [0.25, 0.3) is 0 Å². The van der Waals surface area contributed by atoms with Crippen molar-refractivity contribution in [1.82, 2.24) is 10.3 Å². The molecule has 2 nitrogen and oxygen atoms in total. The fourth-order valence-electron chi connectivity index (χ4n) is 2.12. The Morgan fingerprint density at radius 3 is 3.12 bits per heavy atom. The van der Waals surface area contributed by atoms with E-state index in [4.69, 9.17) is 0 Å². The van der Waals surface area contributed by atoms with Crippen molar-refractivity contribution in [3.05, 3.63) is 29.6 Å². The molecule has 0 amide bonds. The number of hydrogen-bond acceptors (Lipinski definition) is 3. The van der Waals surface area contributed by atoms with E-state index in [1.807, 2.05) is 13.0 Å². The first kappa shape index (κ1) is 11.9. The molecule has 1 aromatic heterocycles. The van der Waals surface area contributed by atoms with Crippen LogP contribution >= 0.6 is 11.8 Å². The molecule has 0 saturated carbocycles. The molecule has 1 saturated heterocycles. The van der Waals surface area contributed by atoms with Gasteiger partial charge in [-0.2, -0.15) is 11.8 Å². The Balaban J connectivity index is 1.86. The number of aryl methyl sites for hydroxylation is 1. The van der Waals surface area contributed by atoms with E-state index in [0.29, 0.717) is 6.04 Å². The topological polar surface area (TPSA) is 24.9 Å². The molecule has 1 aliphatic heterocycles. The summed E-state index contributed by atoms with van der Waals surface area (Å²) < 4.78 is 0. The van der Waals surface area contributed by atoms with Crippen molar-refractivity contribution in [3.63, 3.8) is 0 Å². The number of rotatable bonds is 3. The second kappa shape index (κ2) is 5.69. The third kappa shape index (κ3) is 3.22. The molecule has 2 atom stereocenters. The molecule has 1 aromatic rings. The van der Waals surface area contributed by atoms with Gasteiger partial charge in [-0.1, -0.05) is 13.0 Å². The van der Waals surface area contributed by atoms with Crippen LogP contribution in [-0.4, -0.2) is 22.0 Å². The Hall–Kier alpha value is -0.540. The summed E-state index contributed by atoms with van der Waals surface area (Å²) in [5.74, 6) is 1.32. The van der Waals surface area contributed by atoms with Crippen LogP contribution in [0, 0.1) is 6.92 Å². The molecule has 0 aliphatic carbocycles. The van der Waals surface area contributed by atoms with E-state index in [0.717, 1.165) is 23.2 Å². The van der Waals surface area contributed by atoms with Gasteiger partial charge in [-0.25, -0.2) is 0 Å². The van der Waals surface area contributed by atoms with Crippen LogP contribution in [0.2, 0.25) is 0 Å². The SMILES string of the molecule is Cc1cccc(CNC2CCCSC2C)n1. The van der Waals surface area contributed by atoms with Crippen molar-refractivity contribution in [1.29, 1.82) is 0 Å². The highest BCUT2D eigenvalue weighted by molar-refractivity contribution is 7.99. The first-order valence-corrected chi connectivity index (χ1v) is 7.08. The van der Waals surface area contributed by atoms with Crippen molar-refractivity contribution in [2.75, 3.05) is 5.75 Å². The number of nitrogens with one attached hydrogen (secondary N) is 1. The quantitative estimate of drug-likeness (QED) is 0.873. The molecule has 1 fully saturated rings. The molecule has 2 unspecified atom stereocenters. The zero-order valence-corrected chi connectivity index (χ0v) is 10.9. The predicted molar refractivity (Wildman–Crippen MR) is 70.8 cm³/mol. The summed E-state index contributed by atoms with van der Waals surface area (Å²) in [6.45, 7) is 5.27. The Kier molecular flexibility index (Phi) is 4.24. The minimum atomic E-state index is 0.654. The average molecular weight is 236 g/mol. The van der Waals surface area contributed by atoms with Crippen molar-refractivity contribution < 1.29 is 0 Å². The van der Waals surface area contributed by atoms with Crippen molar-refractivity contribution in [2.45, 2.75) is 44.5 Å². The van der Waals surface area contributed by atoms with Crippen molar-refractivity contribution >= 4 is 11.8 Å². The van der Waals surface area contributed by atoms with Crippen LogP contribution in [0.5, 0.6) is 0 Å². The van der Waals surface area contributed by atoms with Crippen LogP contribution < -0.4 is 5.32 Å². The first-order chi connectivity index (χ1) is 7.75. The summed E-state index contributed by atoms with van der Waals surface area (Å²) in [5.41, 5.74) is 2.26.